The third-order valence-corrected chi connectivity index (χ3v) is 3.49. The van der Waals surface area contributed by atoms with Crippen LogP contribution < -0.4 is 5.32 Å². The number of carbonyl (C=O) groups is 1. The van der Waals surface area contributed by atoms with Gasteiger partial charge in [-0.05, 0) is 0 Å². The van der Waals surface area contributed by atoms with Crippen molar-refractivity contribution in [3.05, 3.63) is 0 Å². The SMILES string of the molecule is CC(=O)N[C@H]1C(O)O[C@H](C(O)S(=O)(=O)O)[C@@H](O)[C@@H]1O. The molecule has 1 heterocycles. The zero-order valence-corrected chi connectivity index (χ0v) is 10.6. The van der Waals surface area contributed by atoms with Gasteiger partial charge in [0, 0.05) is 6.92 Å². The summed E-state index contributed by atoms with van der Waals surface area (Å²) in [4.78, 5) is 10.8. The van der Waals surface area contributed by atoms with Crippen LogP contribution in [0.15, 0.2) is 0 Å². The molecule has 0 spiro atoms. The maximum atomic E-state index is 10.8. The van der Waals surface area contributed by atoms with E-state index in [1.54, 1.807) is 0 Å². The van der Waals surface area contributed by atoms with Gasteiger partial charge in [0.05, 0.1) is 0 Å². The first-order chi connectivity index (χ1) is 8.55. The smallest absolute Gasteiger partial charge is 0.294 e. The second kappa shape index (κ2) is 5.66. The zero-order valence-electron chi connectivity index (χ0n) is 9.74. The lowest BCUT2D eigenvalue weighted by Gasteiger charge is -2.41. The van der Waals surface area contributed by atoms with Crippen molar-refractivity contribution in [2.24, 2.45) is 0 Å². The number of carbonyl (C=O) groups excluding carboxylic acids is 1. The highest BCUT2D eigenvalue weighted by Gasteiger charge is 2.49. The van der Waals surface area contributed by atoms with Crippen molar-refractivity contribution < 1.29 is 42.9 Å². The van der Waals surface area contributed by atoms with Crippen molar-refractivity contribution in [2.45, 2.75) is 43.0 Å². The molecule has 6 atom stereocenters. The van der Waals surface area contributed by atoms with E-state index in [-0.39, 0.29) is 0 Å². The third kappa shape index (κ3) is 3.60. The molecule has 0 saturated carbocycles. The number of amides is 1. The van der Waals surface area contributed by atoms with E-state index in [2.05, 4.69) is 10.1 Å². The Bertz CT molecular complexity index is 438. The summed E-state index contributed by atoms with van der Waals surface area (Å²) in [6.07, 6.45) is -7.58. The summed E-state index contributed by atoms with van der Waals surface area (Å²) >= 11 is 0. The molecule has 0 bridgehead atoms. The Morgan fingerprint density at radius 3 is 2.21 bits per heavy atom. The summed E-state index contributed by atoms with van der Waals surface area (Å²) in [5.74, 6) is -0.632. The van der Waals surface area contributed by atoms with E-state index in [4.69, 9.17) is 4.55 Å². The number of aliphatic hydroxyl groups excluding tert-OH is 4. The Labute approximate surface area is 108 Å². The summed E-state index contributed by atoms with van der Waals surface area (Å²) < 4.78 is 34.7. The van der Waals surface area contributed by atoms with Crippen LogP contribution in [0.1, 0.15) is 6.92 Å². The van der Waals surface area contributed by atoms with Crippen LogP contribution in [0.4, 0.5) is 0 Å². The van der Waals surface area contributed by atoms with Crippen molar-refractivity contribution in [2.75, 3.05) is 0 Å². The molecule has 6 N–H and O–H groups in total. The molecule has 112 valence electrons. The monoisotopic (exact) mass is 301 g/mol. The van der Waals surface area contributed by atoms with Gasteiger partial charge in [0.25, 0.3) is 10.1 Å². The Kier molecular flexibility index (Phi) is 4.84. The van der Waals surface area contributed by atoms with Crippen LogP contribution in [-0.2, 0) is 19.6 Å². The Hall–Kier alpha value is -0.820. The van der Waals surface area contributed by atoms with Gasteiger partial charge in [-0.15, -0.1) is 0 Å². The molecule has 11 heteroatoms. The highest BCUT2D eigenvalue weighted by molar-refractivity contribution is 7.86. The Balaban J connectivity index is 2.91. The second-order valence-corrected chi connectivity index (χ2v) is 5.62. The summed E-state index contributed by atoms with van der Waals surface area (Å²) in [6.45, 7) is 1.09. The number of hydrogen-bond acceptors (Lipinski definition) is 8. The van der Waals surface area contributed by atoms with Gasteiger partial charge in [-0.1, -0.05) is 0 Å². The molecule has 10 nitrogen and oxygen atoms in total. The number of ether oxygens (including phenoxy) is 1. The second-order valence-electron chi connectivity index (χ2n) is 4.10. The molecule has 0 aromatic rings. The highest BCUT2D eigenvalue weighted by atomic mass is 32.2. The largest absolute Gasteiger partial charge is 0.388 e. The molecule has 0 aliphatic carbocycles. The Morgan fingerprint density at radius 1 is 1.26 bits per heavy atom. The molecule has 1 aliphatic rings. The van der Waals surface area contributed by atoms with Crippen molar-refractivity contribution in [3.8, 4) is 0 Å². The van der Waals surface area contributed by atoms with Crippen LogP contribution in [0.5, 0.6) is 0 Å². The molecule has 2 unspecified atom stereocenters. The van der Waals surface area contributed by atoms with E-state index in [0.717, 1.165) is 6.92 Å². The van der Waals surface area contributed by atoms with E-state index in [0.29, 0.717) is 0 Å². The molecule has 0 radical (unpaired) electrons. The van der Waals surface area contributed by atoms with Crippen molar-refractivity contribution in [3.63, 3.8) is 0 Å². The molecular weight excluding hydrogens is 286 g/mol. The van der Waals surface area contributed by atoms with Gasteiger partial charge in [-0.3, -0.25) is 9.35 Å². The fourth-order valence-electron chi connectivity index (χ4n) is 1.70. The van der Waals surface area contributed by atoms with E-state index >= 15 is 0 Å². The van der Waals surface area contributed by atoms with Crippen molar-refractivity contribution >= 4 is 16.0 Å². The van der Waals surface area contributed by atoms with Crippen molar-refractivity contribution in [1.29, 1.82) is 0 Å². The van der Waals surface area contributed by atoms with Gasteiger partial charge in [0.15, 0.2) is 6.29 Å². The predicted octanol–water partition coefficient (Wildman–Crippen LogP) is -3.86. The van der Waals surface area contributed by atoms with Gasteiger partial charge in [0.2, 0.25) is 11.3 Å². The summed E-state index contributed by atoms with van der Waals surface area (Å²) in [5, 5.41) is 40.1. The quantitative estimate of drug-likeness (QED) is 0.285. The number of hydrogen-bond donors (Lipinski definition) is 6. The number of aliphatic hydroxyl groups is 4. The molecule has 1 amide bonds. The van der Waals surface area contributed by atoms with E-state index in [9.17, 15) is 33.6 Å². The Morgan fingerprint density at radius 2 is 1.79 bits per heavy atom. The van der Waals surface area contributed by atoms with E-state index in [1.165, 1.54) is 0 Å². The molecular formula is C8H15NO9S. The third-order valence-electron chi connectivity index (χ3n) is 2.61. The minimum absolute atomic E-state index is 0.632. The van der Waals surface area contributed by atoms with Crippen LogP contribution in [0, 0.1) is 0 Å². The first-order valence-electron chi connectivity index (χ1n) is 5.17. The minimum atomic E-state index is -4.96. The standard InChI is InChI=1S/C8H15NO9S/c1-2(10)9-3-4(11)5(12)6(18-7(3)13)8(14)19(15,16)17/h3-8,11-14H,1H3,(H,9,10)(H,15,16,17)/t3-,4-,5+,6+,7?,8?/m1/s1. The normalized spacial score (nSPS) is 37.7. The van der Waals surface area contributed by atoms with Crippen LogP contribution in [-0.4, -0.2) is 75.4 Å². The summed E-state index contributed by atoms with van der Waals surface area (Å²) in [6, 6.07) is -1.41. The van der Waals surface area contributed by atoms with Gasteiger partial charge in [-0.2, -0.15) is 8.42 Å². The fraction of sp³-hybridized carbons (Fsp3) is 0.875. The minimum Gasteiger partial charge on any atom is -0.388 e. The average Bonchev–Trinajstić information content (AvgIpc) is 2.27. The van der Waals surface area contributed by atoms with E-state index in [1.807, 2.05) is 0 Å². The summed E-state index contributed by atoms with van der Waals surface area (Å²) in [7, 11) is -4.96. The maximum Gasteiger partial charge on any atom is 0.294 e. The lowest BCUT2D eigenvalue weighted by Crippen LogP contribution is -2.66. The number of nitrogens with one attached hydrogen (secondary N) is 1. The highest BCUT2D eigenvalue weighted by Crippen LogP contribution is 2.23. The summed E-state index contributed by atoms with van der Waals surface area (Å²) in [5.41, 5.74) is -2.55. The van der Waals surface area contributed by atoms with E-state index < -0.39 is 52.1 Å². The van der Waals surface area contributed by atoms with Gasteiger partial charge < -0.3 is 30.5 Å². The number of rotatable bonds is 3. The lowest BCUT2D eigenvalue weighted by atomic mass is 9.97. The van der Waals surface area contributed by atoms with Gasteiger partial charge in [-0.25, -0.2) is 0 Å². The molecule has 1 saturated heterocycles. The van der Waals surface area contributed by atoms with Crippen molar-refractivity contribution in [1.82, 2.24) is 5.32 Å². The van der Waals surface area contributed by atoms with Crippen LogP contribution >= 0.6 is 0 Å². The topological polar surface area (TPSA) is 174 Å². The fourth-order valence-corrected chi connectivity index (χ4v) is 2.26. The molecule has 1 aliphatic heterocycles. The molecule has 1 fully saturated rings. The predicted molar refractivity (Wildman–Crippen MR) is 58.1 cm³/mol. The first-order valence-corrected chi connectivity index (χ1v) is 6.67. The zero-order chi connectivity index (χ0) is 15.0. The average molecular weight is 301 g/mol. The molecule has 0 aromatic carbocycles. The van der Waals surface area contributed by atoms with Gasteiger partial charge in [0.1, 0.15) is 24.4 Å². The maximum absolute atomic E-state index is 10.8. The van der Waals surface area contributed by atoms with Crippen LogP contribution in [0.2, 0.25) is 0 Å². The first kappa shape index (κ1) is 16.2. The van der Waals surface area contributed by atoms with Crippen LogP contribution in [0.25, 0.3) is 0 Å². The van der Waals surface area contributed by atoms with Gasteiger partial charge >= 0.3 is 0 Å². The van der Waals surface area contributed by atoms with Crippen LogP contribution in [0.3, 0.4) is 0 Å². The molecule has 0 aromatic heterocycles. The molecule has 19 heavy (non-hydrogen) atoms. The molecule has 1 rings (SSSR count). The lowest BCUT2D eigenvalue weighted by molar-refractivity contribution is -0.258.